The van der Waals surface area contributed by atoms with E-state index in [9.17, 15) is 4.79 Å². The number of rotatable bonds is 2. The van der Waals surface area contributed by atoms with Gasteiger partial charge in [-0.2, -0.15) is 0 Å². The van der Waals surface area contributed by atoms with Gasteiger partial charge in [-0.3, -0.25) is 10.1 Å². The summed E-state index contributed by atoms with van der Waals surface area (Å²) in [6.45, 7) is 1.97. The monoisotopic (exact) mass is 216 g/mol. The zero-order chi connectivity index (χ0) is 11.5. The van der Waals surface area contributed by atoms with E-state index in [1.165, 1.54) is 5.56 Å². The fourth-order valence-corrected chi connectivity index (χ4v) is 2.22. The van der Waals surface area contributed by atoms with E-state index in [2.05, 4.69) is 16.2 Å². The van der Waals surface area contributed by atoms with Gasteiger partial charge in [0.2, 0.25) is 5.56 Å². The van der Waals surface area contributed by atoms with Crippen molar-refractivity contribution in [2.24, 2.45) is 0 Å². The molecule has 16 heavy (non-hydrogen) atoms. The van der Waals surface area contributed by atoms with Crippen LogP contribution in [0, 0.1) is 12.3 Å². The van der Waals surface area contributed by atoms with Gasteiger partial charge in [0.05, 0.1) is 6.04 Å². The molecule has 1 aromatic rings. The maximum absolute atomic E-state index is 11.2. The van der Waals surface area contributed by atoms with Crippen LogP contribution in [0.4, 0.5) is 0 Å². The van der Waals surface area contributed by atoms with Gasteiger partial charge in [0.15, 0.2) is 0 Å². The number of fused-ring (bicyclic) bond motifs is 1. The first-order valence-electron chi connectivity index (χ1n) is 5.65. The molecule has 0 saturated carbocycles. The summed E-state index contributed by atoms with van der Waals surface area (Å²) in [5.41, 5.74) is 2.22. The molecule has 3 heteroatoms. The van der Waals surface area contributed by atoms with Gasteiger partial charge in [-0.1, -0.05) is 12.0 Å². The standard InChI is InChI=1S/C13H16N2O/c1-3-9(2)14-11-5-4-6-12-10(11)7-8-13(16)15-12/h1,7-9,11,14H,4-6H2,2H3,(H,15,16). The average molecular weight is 216 g/mol. The lowest BCUT2D eigenvalue weighted by atomic mass is 9.91. The number of terminal acetylenes is 1. The fraction of sp³-hybridized carbons (Fsp3) is 0.462. The van der Waals surface area contributed by atoms with Crippen molar-refractivity contribution in [1.29, 1.82) is 0 Å². The van der Waals surface area contributed by atoms with Crippen LogP contribution >= 0.6 is 0 Å². The Morgan fingerprint density at radius 1 is 1.62 bits per heavy atom. The van der Waals surface area contributed by atoms with Crippen molar-refractivity contribution in [2.45, 2.75) is 38.3 Å². The third-order valence-corrected chi connectivity index (χ3v) is 3.03. The predicted octanol–water partition coefficient (Wildman–Crippen LogP) is 1.36. The molecule has 2 unspecified atom stereocenters. The van der Waals surface area contributed by atoms with Crippen molar-refractivity contribution in [3.05, 3.63) is 33.7 Å². The molecule has 2 N–H and O–H groups in total. The lowest BCUT2D eigenvalue weighted by molar-refractivity contribution is 0.440. The topological polar surface area (TPSA) is 44.9 Å². The lowest BCUT2D eigenvalue weighted by Crippen LogP contribution is -2.32. The van der Waals surface area contributed by atoms with Crippen molar-refractivity contribution in [1.82, 2.24) is 10.3 Å². The summed E-state index contributed by atoms with van der Waals surface area (Å²) in [7, 11) is 0. The van der Waals surface area contributed by atoms with E-state index in [1.807, 2.05) is 13.0 Å². The minimum absolute atomic E-state index is 0.0237. The number of nitrogens with one attached hydrogen (secondary N) is 2. The minimum Gasteiger partial charge on any atom is -0.326 e. The summed E-state index contributed by atoms with van der Waals surface area (Å²) in [5.74, 6) is 2.67. The van der Waals surface area contributed by atoms with Gasteiger partial charge in [0.25, 0.3) is 0 Å². The molecule has 0 aliphatic heterocycles. The van der Waals surface area contributed by atoms with Gasteiger partial charge in [-0.15, -0.1) is 6.42 Å². The predicted molar refractivity (Wildman–Crippen MR) is 64.2 cm³/mol. The molecule has 1 heterocycles. The third-order valence-electron chi connectivity index (χ3n) is 3.03. The van der Waals surface area contributed by atoms with Crippen LogP contribution in [0.5, 0.6) is 0 Å². The molecule has 1 aromatic heterocycles. The first-order valence-corrected chi connectivity index (χ1v) is 5.65. The highest BCUT2D eigenvalue weighted by molar-refractivity contribution is 5.26. The second-order valence-corrected chi connectivity index (χ2v) is 4.26. The number of aromatic nitrogens is 1. The zero-order valence-electron chi connectivity index (χ0n) is 9.42. The third kappa shape index (κ3) is 2.17. The van der Waals surface area contributed by atoms with E-state index >= 15 is 0 Å². The molecular weight excluding hydrogens is 200 g/mol. The number of aromatic amines is 1. The summed E-state index contributed by atoms with van der Waals surface area (Å²) < 4.78 is 0. The Kier molecular flexibility index (Phi) is 3.12. The Morgan fingerprint density at radius 3 is 3.19 bits per heavy atom. The van der Waals surface area contributed by atoms with Crippen LogP contribution < -0.4 is 10.9 Å². The molecule has 0 fully saturated rings. The summed E-state index contributed by atoms with van der Waals surface area (Å²) in [6.07, 6.45) is 8.48. The first kappa shape index (κ1) is 11.0. The quantitative estimate of drug-likeness (QED) is 0.733. The van der Waals surface area contributed by atoms with E-state index in [0.717, 1.165) is 25.0 Å². The van der Waals surface area contributed by atoms with Gasteiger partial charge < -0.3 is 4.98 Å². The van der Waals surface area contributed by atoms with Crippen molar-refractivity contribution < 1.29 is 0 Å². The second-order valence-electron chi connectivity index (χ2n) is 4.26. The molecule has 84 valence electrons. The molecular formula is C13H16N2O. The van der Waals surface area contributed by atoms with Crippen LogP contribution in [0.3, 0.4) is 0 Å². The van der Waals surface area contributed by atoms with Crippen LogP contribution in [0.15, 0.2) is 16.9 Å². The van der Waals surface area contributed by atoms with Crippen molar-refractivity contribution in [3.63, 3.8) is 0 Å². The molecule has 0 amide bonds. The van der Waals surface area contributed by atoms with E-state index < -0.39 is 0 Å². The van der Waals surface area contributed by atoms with Crippen molar-refractivity contribution in [3.8, 4) is 12.3 Å². The summed E-state index contributed by atoms with van der Waals surface area (Å²) in [6, 6.07) is 3.82. The number of hydrogen-bond donors (Lipinski definition) is 2. The molecule has 0 aromatic carbocycles. The fourth-order valence-electron chi connectivity index (χ4n) is 2.22. The Hall–Kier alpha value is -1.53. The largest absolute Gasteiger partial charge is 0.326 e. The van der Waals surface area contributed by atoms with Crippen molar-refractivity contribution in [2.75, 3.05) is 0 Å². The second kappa shape index (κ2) is 4.54. The van der Waals surface area contributed by atoms with Crippen molar-refractivity contribution >= 4 is 0 Å². The molecule has 3 nitrogen and oxygen atoms in total. The molecule has 0 radical (unpaired) electrons. The molecule has 1 aliphatic rings. The highest BCUT2D eigenvalue weighted by Crippen LogP contribution is 2.27. The molecule has 0 spiro atoms. The molecule has 2 atom stereocenters. The van der Waals surface area contributed by atoms with E-state index in [1.54, 1.807) is 6.07 Å². The Bertz CT molecular complexity index is 470. The summed E-state index contributed by atoms with van der Waals surface area (Å²) in [5, 5.41) is 3.39. The van der Waals surface area contributed by atoms with Crippen LogP contribution in [-0.2, 0) is 6.42 Å². The maximum Gasteiger partial charge on any atom is 0.248 e. The Morgan fingerprint density at radius 2 is 2.44 bits per heavy atom. The van der Waals surface area contributed by atoms with Crippen LogP contribution in [0.1, 0.15) is 37.1 Å². The highest BCUT2D eigenvalue weighted by Gasteiger charge is 2.21. The van der Waals surface area contributed by atoms with Gasteiger partial charge in [-0.05, 0) is 31.7 Å². The van der Waals surface area contributed by atoms with Crippen LogP contribution in [0.25, 0.3) is 0 Å². The molecule has 0 saturated heterocycles. The average Bonchev–Trinajstić information content (AvgIpc) is 2.28. The zero-order valence-corrected chi connectivity index (χ0v) is 9.42. The Labute approximate surface area is 95.3 Å². The lowest BCUT2D eigenvalue weighted by Gasteiger charge is -2.27. The molecule has 2 rings (SSSR count). The highest BCUT2D eigenvalue weighted by atomic mass is 16.1. The van der Waals surface area contributed by atoms with Gasteiger partial charge in [0.1, 0.15) is 0 Å². The van der Waals surface area contributed by atoms with E-state index in [4.69, 9.17) is 6.42 Å². The van der Waals surface area contributed by atoms with Gasteiger partial charge in [-0.25, -0.2) is 0 Å². The Balaban J connectivity index is 2.27. The minimum atomic E-state index is -0.0237. The molecule has 0 bridgehead atoms. The van der Waals surface area contributed by atoms with Crippen LogP contribution in [-0.4, -0.2) is 11.0 Å². The van der Waals surface area contributed by atoms with Crippen LogP contribution in [0.2, 0.25) is 0 Å². The summed E-state index contributed by atoms with van der Waals surface area (Å²) in [4.78, 5) is 14.1. The first-order chi connectivity index (χ1) is 7.70. The van der Waals surface area contributed by atoms with E-state index in [0.29, 0.717) is 0 Å². The molecule has 1 aliphatic carbocycles. The number of pyridine rings is 1. The smallest absolute Gasteiger partial charge is 0.248 e. The van der Waals surface area contributed by atoms with Gasteiger partial charge in [0, 0.05) is 17.8 Å². The van der Waals surface area contributed by atoms with E-state index in [-0.39, 0.29) is 17.6 Å². The maximum atomic E-state index is 11.2. The SMILES string of the molecule is C#CC(C)NC1CCCc2[nH]c(=O)ccc21. The normalized spacial score (nSPS) is 20.9. The number of aryl methyl sites for hydroxylation is 1. The number of hydrogen-bond acceptors (Lipinski definition) is 2. The number of H-pyrrole nitrogens is 1. The van der Waals surface area contributed by atoms with Gasteiger partial charge >= 0.3 is 0 Å². The summed E-state index contributed by atoms with van der Waals surface area (Å²) >= 11 is 0.